The van der Waals surface area contributed by atoms with Crippen LogP contribution in [-0.4, -0.2) is 103 Å². The van der Waals surface area contributed by atoms with Crippen molar-refractivity contribution in [2.45, 2.75) is 71.1 Å². The zero-order valence-electron chi connectivity index (χ0n) is 15.5. The summed E-state index contributed by atoms with van der Waals surface area (Å²) in [5, 5.41) is 2.66. The van der Waals surface area contributed by atoms with E-state index in [1.54, 1.807) is 0 Å². The topological polar surface area (TPSA) is 108 Å². The van der Waals surface area contributed by atoms with Crippen LogP contribution < -0.4 is 11.1 Å². The van der Waals surface area contributed by atoms with E-state index in [4.69, 9.17) is 5.73 Å². The first kappa shape index (κ1) is 32.0. The molecule has 0 rings (SSSR count). The fraction of sp³-hybridized carbons (Fsp3) is 0.833. The molecule has 0 aliphatic carbocycles. The molecule has 0 aliphatic heterocycles. The third-order valence-electron chi connectivity index (χ3n) is 3.68. The van der Waals surface area contributed by atoms with Crippen LogP contribution in [0.3, 0.4) is 0 Å². The van der Waals surface area contributed by atoms with Crippen molar-refractivity contribution in [2.24, 2.45) is 5.73 Å². The second kappa shape index (κ2) is 24.4. The third-order valence-corrected chi connectivity index (χ3v) is 3.68. The van der Waals surface area contributed by atoms with Crippen LogP contribution in [0.2, 0.25) is 0 Å². The molecular weight excluding hydrogens is 370 g/mol. The first-order valence-corrected chi connectivity index (χ1v) is 9.42. The molecule has 0 radical (unpaired) electrons. The molecule has 0 saturated carbocycles. The summed E-state index contributed by atoms with van der Waals surface area (Å²) in [6, 6.07) is 0. The van der Waals surface area contributed by atoms with E-state index in [2.05, 4.69) is 21.7 Å². The Morgan fingerprint density at radius 1 is 0.778 bits per heavy atom. The van der Waals surface area contributed by atoms with Gasteiger partial charge < -0.3 is 20.5 Å². The van der Waals surface area contributed by atoms with Crippen molar-refractivity contribution in [1.82, 2.24) is 5.32 Å². The van der Waals surface area contributed by atoms with E-state index in [-0.39, 0.29) is 91.3 Å². The Labute approximate surface area is 207 Å². The Bertz CT molecular complexity index is 385. The molecular formula is C18H36N2Na2O5. The van der Waals surface area contributed by atoms with Crippen molar-refractivity contribution >= 4 is 77.0 Å². The predicted molar refractivity (Wildman–Crippen MR) is 110 cm³/mol. The van der Waals surface area contributed by atoms with Gasteiger partial charge in [0.25, 0.3) is 0 Å². The minimum absolute atomic E-state index is 0. The maximum atomic E-state index is 11.6. The van der Waals surface area contributed by atoms with Crippen molar-refractivity contribution < 1.29 is 23.9 Å². The van der Waals surface area contributed by atoms with Crippen LogP contribution in [0.4, 0.5) is 0 Å². The first-order chi connectivity index (χ1) is 12.1. The van der Waals surface area contributed by atoms with Gasteiger partial charge in [0.05, 0.1) is 6.54 Å². The van der Waals surface area contributed by atoms with E-state index < -0.39 is 11.9 Å². The van der Waals surface area contributed by atoms with Crippen LogP contribution in [0.25, 0.3) is 0 Å². The van der Waals surface area contributed by atoms with Gasteiger partial charge in [-0.1, -0.05) is 58.3 Å². The number of amides is 1. The van der Waals surface area contributed by atoms with E-state index in [0.717, 1.165) is 12.8 Å². The van der Waals surface area contributed by atoms with E-state index in [9.17, 15) is 14.4 Å². The average molecular weight is 406 g/mol. The molecule has 0 bridgehead atoms. The Morgan fingerprint density at radius 2 is 1.26 bits per heavy atom. The normalized spacial score (nSPS) is 9.56. The Hall–Kier alpha value is 0.370. The van der Waals surface area contributed by atoms with Gasteiger partial charge in [-0.05, 0) is 6.42 Å². The molecule has 7 nitrogen and oxygen atoms in total. The van der Waals surface area contributed by atoms with Crippen LogP contribution in [0.5, 0.6) is 0 Å². The molecule has 3 N–H and O–H groups in total. The number of nitrogens with two attached hydrogens (primary N) is 1. The monoisotopic (exact) mass is 406 g/mol. The van der Waals surface area contributed by atoms with Gasteiger partial charge in [0, 0.05) is 13.0 Å². The number of esters is 2. The van der Waals surface area contributed by atoms with Gasteiger partial charge >= 0.3 is 71.1 Å². The molecule has 0 heterocycles. The molecule has 0 aliphatic rings. The van der Waals surface area contributed by atoms with E-state index in [1.165, 1.54) is 44.9 Å². The van der Waals surface area contributed by atoms with E-state index in [0.29, 0.717) is 6.42 Å². The number of nitrogens with one attached hydrogen (secondary N) is 1. The fourth-order valence-corrected chi connectivity index (χ4v) is 2.29. The fourth-order valence-electron chi connectivity index (χ4n) is 2.29. The van der Waals surface area contributed by atoms with Gasteiger partial charge in [0.1, 0.15) is 13.2 Å². The molecule has 0 aromatic carbocycles. The predicted octanol–water partition coefficient (Wildman–Crippen LogP) is 0.772. The van der Waals surface area contributed by atoms with Gasteiger partial charge in [-0.15, -0.1) is 0 Å². The molecule has 0 aromatic heterocycles. The second-order valence-corrected chi connectivity index (χ2v) is 5.99. The number of unbranched alkanes of at least 4 members (excludes halogenated alkanes) is 8. The molecule has 0 saturated heterocycles. The molecule has 9 heteroatoms. The van der Waals surface area contributed by atoms with Crippen molar-refractivity contribution in [3.05, 3.63) is 0 Å². The standard InChI is InChI=1S/C18H34N2O5.2Na.2H/c1-2-3-4-5-6-7-8-9-10-11-16(21)20-13-15-25-18(23)17(22)24-14-12-19;;;;/h2-15,19H2,1H3,(H,20,21);;;;. The van der Waals surface area contributed by atoms with Gasteiger partial charge in [0.2, 0.25) is 5.91 Å². The van der Waals surface area contributed by atoms with Crippen LogP contribution in [0.15, 0.2) is 0 Å². The summed E-state index contributed by atoms with van der Waals surface area (Å²) in [7, 11) is 0. The summed E-state index contributed by atoms with van der Waals surface area (Å²) in [6.07, 6.45) is 11.3. The number of carbonyl (C=O) groups excluding carboxylic acids is 3. The summed E-state index contributed by atoms with van der Waals surface area (Å²) < 4.78 is 9.20. The molecule has 0 aromatic rings. The van der Waals surface area contributed by atoms with Crippen LogP contribution in [0, 0.1) is 0 Å². The molecule has 1 amide bonds. The molecule has 0 unspecified atom stereocenters. The molecule has 27 heavy (non-hydrogen) atoms. The number of rotatable bonds is 15. The molecule has 0 fully saturated rings. The first-order valence-electron chi connectivity index (χ1n) is 9.42. The van der Waals surface area contributed by atoms with Crippen LogP contribution in [-0.2, 0) is 23.9 Å². The maximum absolute atomic E-state index is 11.6. The van der Waals surface area contributed by atoms with Crippen molar-refractivity contribution in [3.63, 3.8) is 0 Å². The zero-order valence-corrected chi connectivity index (χ0v) is 15.5. The van der Waals surface area contributed by atoms with Crippen molar-refractivity contribution in [2.75, 3.05) is 26.3 Å². The van der Waals surface area contributed by atoms with Crippen molar-refractivity contribution in [1.29, 1.82) is 0 Å². The Kier molecular flexibility index (Phi) is 29.0. The third kappa shape index (κ3) is 22.5. The Balaban J connectivity index is -0.00000288. The number of carbonyl (C=O) groups is 3. The quantitative estimate of drug-likeness (QED) is 0.180. The number of hydrogen-bond donors (Lipinski definition) is 2. The minimum atomic E-state index is -1.07. The summed E-state index contributed by atoms with van der Waals surface area (Å²) in [6.45, 7) is 2.47. The van der Waals surface area contributed by atoms with Gasteiger partial charge in [-0.3, -0.25) is 4.79 Å². The zero-order chi connectivity index (χ0) is 18.8. The van der Waals surface area contributed by atoms with Gasteiger partial charge in [-0.25, -0.2) is 9.59 Å². The van der Waals surface area contributed by atoms with E-state index >= 15 is 0 Å². The second-order valence-electron chi connectivity index (χ2n) is 5.99. The van der Waals surface area contributed by atoms with E-state index in [1.807, 2.05) is 0 Å². The summed E-state index contributed by atoms with van der Waals surface area (Å²) in [5.74, 6) is -2.20. The van der Waals surface area contributed by atoms with Crippen molar-refractivity contribution in [3.8, 4) is 0 Å². The number of ether oxygens (including phenoxy) is 2. The van der Waals surface area contributed by atoms with Crippen LogP contribution in [0.1, 0.15) is 71.1 Å². The summed E-state index contributed by atoms with van der Waals surface area (Å²) >= 11 is 0. The molecule has 0 atom stereocenters. The van der Waals surface area contributed by atoms with Crippen LogP contribution >= 0.6 is 0 Å². The summed E-state index contributed by atoms with van der Waals surface area (Å²) in [4.78, 5) is 33.9. The molecule has 150 valence electrons. The molecule has 0 spiro atoms. The SMILES string of the molecule is CCCCCCCCCCCC(=O)NCCOC(=O)C(=O)OCCN.[NaH].[NaH]. The summed E-state index contributed by atoms with van der Waals surface area (Å²) in [5.41, 5.74) is 5.15. The Morgan fingerprint density at radius 3 is 1.78 bits per heavy atom. The average Bonchev–Trinajstić information content (AvgIpc) is 2.61. The van der Waals surface area contributed by atoms with Gasteiger partial charge in [-0.2, -0.15) is 0 Å². The van der Waals surface area contributed by atoms with Gasteiger partial charge in [0.15, 0.2) is 0 Å². The number of hydrogen-bond acceptors (Lipinski definition) is 6.